The first kappa shape index (κ1) is 14.0. The fourth-order valence-corrected chi connectivity index (χ4v) is 2.12. The van der Waals surface area contributed by atoms with Crippen LogP contribution >= 0.6 is 0 Å². The number of hydrogen-bond donors (Lipinski definition) is 0. The molecule has 0 aliphatic heterocycles. The molecule has 0 amide bonds. The molecule has 0 radical (unpaired) electrons. The van der Waals surface area contributed by atoms with Crippen molar-refractivity contribution in [2.24, 2.45) is 5.41 Å². The van der Waals surface area contributed by atoms with E-state index in [1.165, 1.54) is 36.8 Å². The van der Waals surface area contributed by atoms with Crippen molar-refractivity contribution in [1.29, 1.82) is 0 Å². The molecule has 17 heavy (non-hydrogen) atoms. The van der Waals surface area contributed by atoms with Gasteiger partial charge in [0.25, 0.3) is 0 Å². The highest BCUT2D eigenvalue weighted by atomic mass is 16.1. The van der Waals surface area contributed by atoms with E-state index in [2.05, 4.69) is 39.8 Å². The fourth-order valence-electron chi connectivity index (χ4n) is 2.12. The first-order valence-corrected chi connectivity index (χ1v) is 6.48. The molecule has 0 N–H and O–H groups in total. The van der Waals surface area contributed by atoms with Crippen LogP contribution in [0.3, 0.4) is 0 Å². The van der Waals surface area contributed by atoms with Gasteiger partial charge in [-0.2, -0.15) is 0 Å². The molecule has 1 aliphatic carbocycles. The molecule has 0 saturated heterocycles. The van der Waals surface area contributed by atoms with Gasteiger partial charge in [0, 0.05) is 0 Å². The molecule has 94 valence electrons. The van der Waals surface area contributed by atoms with Gasteiger partial charge in [-0.1, -0.05) is 38.5 Å². The lowest BCUT2D eigenvalue weighted by atomic mass is 9.85. The molecule has 0 spiro atoms. The summed E-state index contributed by atoms with van der Waals surface area (Å²) in [6.07, 6.45) is 11.9. The number of carbonyl (C=O) groups is 1. The lowest BCUT2D eigenvalue weighted by Gasteiger charge is -2.20. The number of aldehydes is 1. The molecule has 0 aromatic rings. The molecule has 0 heterocycles. The minimum Gasteiger partial charge on any atom is -0.299 e. The van der Waals surface area contributed by atoms with Crippen LogP contribution in [0.2, 0.25) is 0 Å². The van der Waals surface area contributed by atoms with Crippen molar-refractivity contribution in [2.75, 3.05) is 0 Å². The molecule has 0 unspecified atom stereocenters. The SMILES string of the molecule is CC1=C(/C=C/C(=C\C=O)C(C)(C)C)CCCC1. The lowest BCUT2D eigenvalue weighted by Crippen LogP contribution is -2.08. The predicted octanol–water partition coefficient (Wildman–Crippen LogP) is 4.60. The third kappa shape index (κ3) is 4.33. The summed E-state index contributed by atoms with van der Waals surface area (Å²) in [6, 6.07) is 0. The summed E-state index contributed by atoms with van der Waals surface area (Å²) >= 11 is 0. The Kier molecular flexibility index (Phi) is 4.92. The van der Waals surface area contributed by atoms with Gasteiger partial charge in [0.2, 0.25) is 0 Å². The van der Waals surface area contributed by atoms with Crippen molar-refractivity contribution in [2.45, 2.75) is 53.4 Å². The summed E-state index contributed by atoms with van der Waals surface area (Å²) in [4.78, 5) is 10.7. The zero-order chi connectivity index (χ0) is 12.9. The van der Waals surface area contributed by atoms with Gasteiger partial charge in [0.15, 0.2) is 0 Å². The number of hydrogen-bond acceptors (Lipinski definition) is 1. The maximum Gasteiger partial charge on any atom is 0.143 e. The first-order valence-electron chi connectivity index (χ1n) is 6.48. The van der Waals surface area contributed by atoms with Crippen LogP contribution in [0.4, 0.5) is 0 Å². The Morgan fingerprint density at radius 1 is 1.18 bits per heavy atom. The van der Waals surface area contributed by atoms with Crippen LogP contribution in [-0.4, -0.2) is 6.29 Å². The van der Waals surface area contributed by atoms with Crippen LogP contribution in [-0.2, 0) is 4.79 Å². The molecular formula is C16H24O. The molecule has 1 rings (SSSR count). The van der Waals surface area contributed by atoms with Gasteiger partial charge < -0.3 is 0 Å². The minimum atomic E-state index is 0.0283. The Bertz CT molecular complexity index is 361. The molecule has 1 heteroatoms. The Balaban J connectivity index is 2.88. The lowest BCUT2D eigenvalue weighted by molar-refractivity contribution is -0.104. The Morgan fingerprint density at radius 3 is 2.35 bits per heavy atom. The second-order valence-electron chi connectivity index (χ2n) is 5.85. The zero-order valence-electron chi connectivity index (χ0n) is 11.5. The summed E-state index contributed by atoms with van der Waals surface area (Å²) in [5.41, 5.74) is 4.09. The molecule has 0 fully saturated rings. The van der Waals surface area contributed by atoms with E-state index in [9.17, 15) is 4.79 Å². The van der Waals surface area contributed by atoms with E-state index in [0.717, 1.165) is 11.9 Å². The van der Waals surface area contributed by atoms with Gasteiger partial charge in [0.1, 0.15) is 6.29 Å². The third-order valence-electron chi connectivity index (χ3n) is 3.37. The predicted molar refractivity (Wildman–Crippen MR) is 73.9 cm³/mol. The maximum atomic E-state index is 10.7. The van der Waals surface area contributed by atoms with Crippen molar-refractivity contribution < 1.29 is 4.79 Å². The van der Waals surface area contributed by atoms with Crippen LogP contribution in [0.25, 0.3) is 0 Å². The molecule has 0 saturated carbocycles. The highest BCUT2D eigenvalue weighted by molar-refractivity contribution is 5.67. The molecule has 0 aromatic heterocycles. The van der Waals surface area contributed by atoms with Gasteiger partial charge in [-0.3, -0.25) is 4.79 Å². The Labute approximate surface area is 105 Å². The largest absolute Gasteiger partial charge is 0.299 e. The number of rotatable bonds is 3. The van der Waals surface area contributed by atoms with E-state index in [1.54, 1.807) is 6.08 Å². The van der Waals surface area contributed by atoms with Crippen LogP contribution in [0.15, 0.2) is 34.9 Å². The zero-order valence-corrected chi connectivity index (χ0v) is 11.5. The number of allylic oxidation sites excluding steroid dienone is 6. The van der Waals surface area contributed by atoms with E-state index in [-0.39, 0.29) is 5.41 Å². The summed E-state index contributed by atoms with van der Waals surface area (Å²) in [5.74, 6) is 0. The summed E-state index contributed by atoms with van der Waals surface area (Å²) in [7, 11) is 0. The Morgan fingerprint density at radius 2 is 1.82 bits per heavy atom. The average Bonchev–Trinajstić information content (AvgIpc) is 2.24. The summed E-state index contributed by atoms with van der Waals surface area (Å²) < 4.78 is 0. The van der Waals surface area contributed by atoms with E-state index in [0.29, 0.717) is 0 Å². The number of carbonyl (C=O) groups excluding carboxylic acids is 1. The minimum absolute atomic E-state index is 0.0283. The smallest absolute Gasteiger partial charge is 0.143 e. The van der Waals surface area contributed by atoms with E-state index < -0.39 is 0 Å². The Hall–Kier alpha value is -1.11. The average molecular weight is 232 g/mol. The van der Waals surface area contributed by atoms with Gasteiger partial charge in [-0.25, -0.2) is 0 Å². The standard InChI is InChI=1S/C16H24O/c1-13-7-5-6-8-14(13)9-10-15(11-12-17)16(2,3)4/h9-12H,5-8H2,1-4H3/b10-9+,15-11+. The summed E-state index contributed by atoms with van der Waals surface area (Å²) in [6.45, 7) is 8.62. The van der Waals surface area contributed by atoms with Gasteiger partial charge >= 0.3 is 0 Å². The monoisotopic (exact) mass is 232 g/mol. The van der Waals surface area contributed by atoms with Crippen molar-refractivity contribution in [3.63, 3.8) is 0 Å². The van der Waals surface area contributed by atoms with Crippen molar-refractivity contribution in [3.8, 4) is 0 Å². The maximum absolute atomic E-state index is 10.7. The molecule has 0 aromatic carbocycles. The van der Waals surface area contributed by atoms with Gasteiger partial charge in [0.05, 0.1) is 0 Å². The van der Waals surface area contributed by atoms with Crippen LogP contribution in [0.1, 0.15) is 53.4 Å². The molecule has 1 nitrogen and oxygen atoms in total. The fraction of sp³-hybridized carbons (Fsp3) is 0.562. The van der Waals surface area contributed by atoms with E-state index in [1.807, 2.05) is 0 Å². The second-order valence-corrected chi connectivity index (χ2v) is 5.85. The second kappa shape index (κ2) is 6.00. The molecule has 1 aliphatic rings. The quantitative estimate of drug-likeness (QED) is 0.395. The molecule has 0 bridgehead atoms. The molecular weight excluding hydrogens is 208 g/mol. The third-order valence-corrected chi connectivity index (χ3v) is 3.37. The van der Waals surface area contributed by atoms with Crippen LogP contribution < -0.4 is 0 Å². The first-order chi connectivity index (χ1) is 7.95. The summed E-state index contributed by atoms with van der Waals surface area (Å²) in [5, 5.41) is 0. The van der Waals surface area contributed by atoms with Crippen molar-refractivity contribution in [1.82, 2.24) is 0 Å². The highest BCUT2D eigenvalue weighted by Gasteiger charge is 2.14. The van der Waals surface area contributed by atoms with Crippen molar-refractivity contribution >= 4 is 6.29 Å². The highest BCUT2D eigenvalue weighted by Crippen LogP contribution is 2.29. The van der Waals surface area contributed by atoms with Gasteiger partial charge in [-0.05, 0) is 55.2 Å². The normalized spacial score (nSPS) is 18.9. The molecule has 0 atom stereocenters. The van der Waals surface area contributed by atoms with Gasteiger partial charge in [-0.15, -0.1) is 0 Å². The van der Waals surface area contributed by atoms with E-state index in [4.69, 9.17) is 0 Å². The van der Waals surface area contributed by atoms with Crippen LogP contribution in [0, 0.1) is 5.41 Å². The van der Waals surface area contributed by atoms with Crippen LogP contribution in [0.5, 0.6) is 0 Å². The van der Waals surface area contributed by atoms with E-state index >= 15 is 0 Å². The van der Waals surface area contributed by atoms with Crippen molar-refractivity contribution in [3.05, 3.63) is 34.9 Å². The topological polar surface area (TPSA) is 17.1 Å².